The third-order valence-corrected chi connectivity index (χ3v) is 3.96. The van der Waals surface area contributed by atoms with Crippen LogP contribution >= 0.6 is 0 Å². The standard InChI is InChI=1S/C10H11N3O3/c1-15-8(14)10(12-13-11)7-3-2-6(16-7)9(10)4-5-9/h2-3,6-7H,4-5H2,1H3/t6-,7+,10-/m0/s1. The number of rotatable bonds is 2. The zero-order valence-electron chi connectivity index (χ0n) is 8.79. The molecule has 3 aliphatic rings. The Labute approximate surface area is 91.8 Å². The minimum atomic E-state index is -1.18. The second-order valence-corrected chi connectivity index (χ2v) is 4.47. The summed E-state index contributed by atoms with van der Waals surface area (Å²) in [7, 11) is 1.31. The fraction of sp³-hybridized carbons (Fsp3) is 0.700. The van der Waals surface area contributed by atoms with E-state index in [1.54, 1.807) is 6.08 Å². The predicted molar refractivity (Wildman–Crippen MR) is 53.4 cm³/mol. The van der Waals surface area contributed by atoms with Crippen LogP contribution in [0.4, 0.5) is 0 Å². The van der Waals surface area contributed by atoms with Crippen LogP contribution in [0.2, 0.25) is 0 Å². The first-order valence-electron chi connectivity index (χ1n) is 5.20. The van der Waals surface area contributed by atoms with Crippen molar-refractivity contribution in [3.63, 3.8) is 0 Å². The molecule has 0 aromatic carbocycles. The molecule has 84 valence electrons. The van der Waals surface area contributed by atoms with Crippen LogP contribution in [0.5, 0.6) is 0 Å². The van der Waals surface area contributed by atoms with Gasteiger partial charge >= 0.3 is 5.97 Å². The molecular formula is C10H11N3O3. The molecule has 0 unspecified atom stereocenters. The van der Waals surface area contributed by atoms with Gasteiger partial charge in [0.05, 0.1) is 19.3 Å². The first-order chi connectivity index (χ1) is 7.71. The molecule has 0 amide bonds. The highest BCUT2D eigenvalue weighted by Crippen LogP contribution is 2.67. The zero-order valence-corrected chi connectivity index (χ0v) is 8.79. The summed E-state index contributed by atoms with van der Waals surface area (Å²) in [6.07, 6.45) is 4.84. The fourth-order valence-electron chi connectivity index (χ4n) is 3.05. The topological polar surface area (TPSA) is 84.3 Å². The first-order valence-corrected chi connectivity index (χ1v) is 5.20. The van der Waals surface area contributed by atoms with Crippen LogP contribution in [-0.4, -0.2) is 30.8 Å². The third-order valence-electron chi connectivity index (χ3n) is 3.96. The lowest BCUT2D eigenvalue weighted by Crippen LogP contribution is -2.52. The maximum atomic E-state index is 12.0. The Kier molecular flexibility index (Phi) is 1.68. The molecule has 2 bridgehead atoms. The molecule has 6 nitrogen and oxygen atoms in total. The summed E-state index contributed by atoms with van der Waals surface area (Å²) in [4.78, 5) is 14.8. The van der Waals surface area contributed by atoms with Crippen molar-refractivity contribution >= 4 is 5.97 Å². The lowest BCUT2D eigenvalue weighted by Gasteiger charge is -2.32. The number of azide groups is 1. The molecule has 16 heavy (non-hydrogen) atoms. The average molecular weight is 221 g/mol. The van der Waals surface area contributed by atoms with Crippen molar-refractivity contribution < 1.29 is 14.3 Å². The smallest absolute Gasteiger partial charge is 0.321 e. The van der Waals surface area contributed by atoms with Gasteiger partial charge in [-0.2, -0.15) is 0 Å². The number of hydrogen-bond donors (Lipinski definition) is 0. The van der Waals surface area contributed by atoms with E-state index in [0.717, 1.165) is 12.8 Å². The second-order valence-electron chi connectivity index (χ2n) is 4.47. The van der Waals surface area contributed by atoms with E-state index in [1.165, 1.54) is 7.11 Å². The summed E-state index contributed by atoms with van der Waals surface area (Å²) in [5.74, 6) is -0.486. The number of fused-ring (bicyclic) bond motifs is 3. The molecule has 2 aliphatic heterocycles. The van der Waals surface area contributed by atoms with Crippen molar-refractivity contribution in [2.24, 2.45) is 10.5 Å². The van der Waals surface area contributed by atoms with Gasteiger partial charge in [-0.3, -0.25) is 4.79 Å². The van der Waals surface area contributed by atoms with Gasteiger partial charge in [-0.15, -0.1) is 0 Å². The van der Waals surface area contributed by atoms with Crippen molar-refractivity contribution in [2.45, 2.75) is 30.6 Å². The maximum Gasteiger partial charge on any atom is 0.321 e. The van der Waals surface area contributed by atoms with Crippen molar-refractivity contribution in [1.29, 1.82) is 0 Å². The Hall–Kier alpha value is -1.52. The fourth-order valence-corrected chi connectivity index (χ4v) is 3.05. The highest BCUT2D eigenvalue weighted by atomic mass is 16.5. The number of nitrogens with zero attached hydrogens (tertiary/aromatic N) is 3. The van der Waals surface area contributed by atoms with Gasteiger partial charge in [-0.1, -0.05) is 17.3 Å². The monoisotopic (exact) mass is 221 g/mol. The summed E-state index contributed by atoms with van der Waals surface area (Å²) in [5, 5.41) is 3.75. The first kappa shape index (κ1) is 9.69. The predicted octanol–water partition coefficient (Wildman–Crippen LogP) is 1.33. The summed E-state index contributed by atoms with van der Waals surface area (Å²) in [5.41, 5.74) is 7.16. The van der Waals surface area contributed by atoms with E-state index in [1.807, 2.05) is 6.08 Å². The molecule has 0 aromatic rings. The van der Waals surface area contributed by atoms with Crippen LogP contribution in [0.25, 0.3) is 10.4 Å². The van der Waals surface area contributed by atoms with Crippen LogP contribution in [0.3, 0.4) is 0 Å². The van der Waals surface area contributed by atoms with Crippen molar-refractivity contribution in [1.82, 2.24) is 0 Å². The Morgan fingerprint density at radius 2 is 2.25 bits per heavy atom. The van der Waals surface area contributed by atoms with Gasteiger partial charge in [0.15, 0.2) is 5.54 Å². The van der Waals surface area contributed by atoms with E-state index in [9.17, 15) is 4.79 Å². The van der Waals surface area contributed by atoms with Gasteiger partial charge in [0, 0.05) is 10.3 Å². The summed E-state index contributed by atoms with van der Waals surface area (Å²) in [6.45, 7) is 0. The molecule has 1 aliphatic carbocycles. The van der Waals surface area contributed by atoms with Crippen LogP contribution in [0.15, 0.2) is 17.3 Å². The second kappa shape index (κ2) is 2.78. The molecule has 2 heterocycles. The van der Waals surface area contributed by atoms with Crippen LogP contribution in [0.1, 0.15) is 12.8 Å². The lowest BCUT2D eigenvalue weighted by molar-refractivity contribution is -0.150. The quantitative estimate of drug-likeness (QED) is 0.232. The van der Waals surface area contributed by atoms with E-state index in [4.69, 9.17) is 15.0 Å². The van der Waals surface area contributed by atoms with Crippen molar-refractivity contribution in [2.75, 3.05) is 7.11 Å². The highest BCUT2D eigenvalue weighted by molar-refractivity contribution is 5.86. The minimum Gasteiger partial charge on any atom is -0.468 e. The normalized spacial score (nSPS) is 40.8. The van der Waals surface area contributed by atoms with Gasteiger partial charge in [-0.05, 0) is 18.4 Å². The summed E-state index contributed by atoms with van der Waals surface area (Å²) >= 11 is 0. The van der Waals surface area contributed by atoms with Crippen LogP contribution in [0, 0.1) is 5.41 Å². The van der Waals surface area contributed by atoms with Crippen molar-refractivity contribution in [3.8, 4) is 0 Å². The molecule has 1 spiro atoms. The number of esters is 1. The van der Waals surface area contributed by atoms with E-state index in [2.05, 4.69) is 10.0 Å². The van der Waals surface area contributed by atoms with Crippen LogP contribution in [-0.2, 0) is 14.3 Å². The summed E-state index contributed by atoms with van der Waals surface area (Å²) < 4.78 is 10.5. The number of hydrogen-bond acceptors (Lipinski definition) is 4. The molecule has 0 radical (unpaired) electrons. The molecule has 0 N–H and O–H groups in total. The van der Waals surface area contributed by atoms with E-state index < -0.39 is 17.6 Å². The molecule has 3 rings (SSSR count). The lowest BCUT2D eigenvalue weighted by atomic mass is 9.73. The van der Waals surface area contributed by atoms with Crippen molar-refractivity contribution in [3.05, 3.63) is 22.6 Å². The molecule has 2 fully saturated rings. The van der Waals surface area contributed by atoms with Gasteiger partial charge in [0.1, 0.15) is 0 Å². The molecule has 1 saturated carbocycles. The molecular weight excluding hydrogens is 210 g/mol. The van der Waals surface area contributed by atoms with E-state index in [0.29, 0.717) is 0 Å². The molecule has 3 atom stereocenters. The largest absolute Gasteiger partial charge is 0.468 e. The number of ether oxygens (including phenoxy) is 2. The SMILES string of the molecule is COC(=O)[C@@]1(N=[N+]=[N-])[C@H]2C=C[C@H](O2)C12CC2. The average Bonchev–Trinajstić information content (AvgIpc) is 2.86. The Balaban J connectivity index is 2.16. The molecule has 0 aromatic heterocycles. The van der Waals surface area contributed by atoms with E-state index in [-0.39, 0.29) is 11.5 Å². The molecule has 6 heteroatoms. The number of methoxy groups -OCH3 is 1. The van der Waals surface area contributed by atoms with Crippen LogP contribution < -0.4 is 0 Å². The molecule has 1 saturated heterocycles. The zero-order chi connectivity index (χ0) is 11.4. The number of carbonyl (C=O) groups excluding carboxylic acids is 1. The third kappa shape index (κ3) is 0.795. The van der Waals surface area contributed by atoms with Gasteiger partial charge < -0.3 is 9.47 Å². The maximum absolute atomic E-state index is 12.0. The Bertz CT molecular complexity index is 437. The minimum absolute atomic E-state index is 0.109. The Morgan fingerprint density at radius 3 is 2.81 bits per heavy atom. The highest BCUT2D eigenvalue weighted by Gasteiger charge is 2.76. The number of carbonyl (C=O) groups is 1. The van der Waals surface area contributed by atoms with E-state index >= 15 is 0 Å². The summed E-state index contributed by atoms with van der Waals surface area (Å²) in [6, 6.07) is 0. The van der Waals surface area contributed by atoms with Gasteiger partial charge in [0.2, 0.25) is 0 Å². The Morgan fingerprint density at radius 1 is 1.56 bits per heavy atom. The van der Waals surface area contributed by atoms with Gasteiger partial charge in [-0.25, -0.2) is 0 Å². The van der Waals surface area contributed by atoms with Gasteiger partial charge in [0.25, 0.3) is 0 Å².